The number of nitro groups is 1. The summed E-state index contributed by atoms with van der Waals surface area (Å²) in [5.74, 6) is 0.719. The maximum atomic E-state index is 12.7. The van der Waals surface area contributed by atoms with Gasteiger partial charge in [0.1, 0.15) is 5.69 Å². The molecule has 1 aliphatic rings. The van der Waals surface area contributed by atoms with Crippen molar-refractivity contribution < 1.29 is 13.3 Å². The number of nitrogens with zero attached hydrogens (tertiary/aromatic N) is 2. The van der Waals surface area contributed by atoms with E-state index in [9.17, 15) is 18.5 Å². The van der Waals surface area contributed by atoms with E-state index in [1.54, 1.807) is 18.7 Å². The van der Waals surface area contributed by atoms with Crippen LogP contribution in [-0.4, -0.2) is 41.7 Å². The lowest BCUT2D eigenvalue weighted by Crippen LogP contribution is -2.41. The van der Waals surface area contributed by atoms with Gasteiger partial charge in [0.25, 0.3) is 5.69 Å². The summed E-state index contributed by atoms with van der Waals surface area (Å²) in [5, 5.41) is 11.2. The van der Waals surface area contributed by atoms with E-state index in [0.717, 1.165) is 11.8 Å². The molecular formula is C12H17N3O4S2. The highest BCUT2D eigenvalue weighted by Gasteiger charge is 2.31. The van der Waals surface area contributed by atoms with Crippen molar-refractivity contribution in [1.29, 1.82) is 0 Å². The van der Waals surface area contributed by atoms with Gasteiger partial charge in [0.05, 0.1) is 9.82 Å². The minimum atomic E-state index is -3.74. The monoisotopic (exact) mass is 331 g/mol. The van der Waals surface area contributed by atoms with Gasteiger partial charge in [-0.3, -0.25) is 10.1 Å². The molecule has 21 heavy (non-hydrogen) atoms. The van der Waals surface area contributed by atoms with E-state index < -0.39 is 14.9 Å². The number of rotatable bonds is 3. The summed E-state index contributed by atoms with van der Waals surface area (Å²) < 4.78 is 26.8. The van der Waals surface area contributed by atoms with E-state index in [4.69, 9.17) is 5.73 Å². The molecule has 1 aromatic rings. The highest BCUT2D eigenvalue weighted by Crippen LogP contribution is 2.31. The fourth-order valence-electron chi connectivity index (χ4n) is 2.28. The maximum Gasteiger partial charge on any atom is 0.293 e. The highest BCUT2D eigenvalue weighted by molar-refractivity contribution is 8.00. The average Bonchev–Trinajstić information content (AvgIpc) is 2.37. The van der Waals surface area contributed by atoms with Crippen molar-refractivity contribution in [2.24, 2.45) is 0 Å². The van der Waals surface area contributed by atoms with Crippen molar-refractivity contribution in [2.45, 2.75) is 24.0 Å². The molecule has 0 bridgehead atoms. The number of aryl methyl sites for hydroxylation is 1. The average molecular weight is 331 g/mol. The van der Waals surface area contributed by atoms with Gasteiger partial charge in [-0.25, -0.2) is 8.42 Å². The van der Waals surface area contributed by atoms with E-state index >= 15 is 0 Å². The minimum Gasteiger partial charge on any atom is -0.393 e. The Hall–Kier alpha value is -1.32. The van der Waals surface area contributed by atoms with Gasteiger partial charge >= 0.3 is 0 Å². The van der Waals surface area contributed by atoms with Gasteiger partial charge in [0.2, 0.25) is 10.0 Å². The molecule has 2 rings (SSSR count). The third-order valence-electron chi connectivity index (χ3n) is 3.34. The van der Waals surface area contributed by atoms with Crippen LogP contribution in [0.25, 0.3) is 0 Å². The largest absolute Gasteiger partial charge is 0.393 e. The van der Waals surface area contributed by atoms with Crippen molar-refractivity contribution in [3.05, 3.63) is 27.8 Å². The number of nitrogens with two attached hydrogens (primary N) is 1. The zero-order chi connectivity index (χ0) is 15.8. The number of nitrogen functional groups attached to an aromatic ring is 1. The molecule has 0 aromatic heterocycles. The minimum absolute atomic E-state index is 0.0287. The van der Waals surface area contributed by atoms with Crippen molar-refractivity contribution in [3.63, 3.8) is 0 Å². The summed E-state index contributed by atoms with van der Waals surface area (Å²) in [7, 11) is -3.74. The number of sulfonamides is 1. The molecule has 1 unspecified atom stereocenters. The Bertz CT molecular complexity index is 675. The van der Waals surface area contributed by atoms with Crippen LogP contribution in [0.3, 0.4) is 0 Å². The molecule has 0 saturated carbocycles. The molecule has 1 atom stereocenters. The van der Waals surface area contributed by atoms with Crippen molar-refractivity contribution >= 4 is 33.2 Å². The summed E-state index contributed by atoms with van der Waals surface area (Å²) >= 11 is 1.71. The van der Waals surface area contributed by atoms with Crippen molar-refractivity contribution in [2.75, 3.05) is 24.6 Å². The topological polar surface area (TPSA) is 107 Å². The Morgan fingerprint density at radius 1 is 1.48 bits per heavy atom. The number of hydrogen-bond donors (Lipinski definition) is 1. The second kappa shape index (κ2) is 5.82. The molecule has 0 aliphatic carbocycles. The molecule has 2 N–H and O–H groups in total. The summed E-state index contributed by atoms with van der Waals surface area (Å²) in [6.07, 6.45) is 0. The summed E-state index contributed by atoms with van der Waals surface area (Å²) in [6, 6.07) is 2.40. The lowest BCUT2D eigenvalue weighted by Gasteiger charge is -2.30. The van der Waals surface area contributed by atoms with Gasteiger partial charge in [0.15, 0.2) is 0 Å². The van der Waals surface area contributed by atoms with Crippen LogP contribution in [0.5, 0.6) is 0 Å². The van der Waals surface area contributed by atoms with Crippen LogP contribution >= 0.6 is 11.8 Å². The summed E-state index contributed by atoms with van der Waals surface area (Å²) in [6.45, 7) is 4.37. The second-order valence-corrected chi connectivity index (χ2v) is 8.43. The molecule has 116 valence electrons. The standard InChI is InChI=1S/C12H17N3O4S2/c1-8-5-10(13)11(15(16)17)6-12(8)21(18,19)14-3-4-20-9(2)7-14/h5-6,9H,3-4,7,13H2,1-2H3. The van der Waals surface area contributed by atoms with Gasteiger partial charge in [-0.1, -0.05) is 6.92 Å². The molecule has 1 saturated heterocycles. The first-order chi connectivity index (χ1) is 9.73. The molecule has 7 nitrogen and oxygen atoms in total. The third kappa shape index (κ3) is 3.14. The predicted molar refractivity (Wildman–Crippen MR) is 82.9 cm³/mol. The Morgan fingerprint density at radius 2 is 2.14 bits per heavy atom. The zero-order valence-electron chi connectivity index (χ0n) is 11.8. The maximum absolute atomic E-state index is 12.7. The first kappa shape index (κ1) is 16.1. The van der Waals surface area contributed by atoms with E-state index in [0.29, 0.717) is 18.7 Å². The molecule has 1 aliphatic heterocycles. The van der Waals surface area contributed by atoms with Crippen LogP contribution in [0.4, 0.5) is 11.4 Å². The Labute approximate surface area is 127 Å². The normalized spacial score (nSPS) is 20.4. The first-order valence-electron chi connectivity index (χ1n) is 6.39. The van der Waals surface area contributed by atoms with Gasteiger partial charge in [-0.15, -0.1) is 0 Å². The van der Waals surface area contributed by atoms with E-state index in [-0.39, 0.29) is 21.5 Å². The Kier molecular flexibility index (Phi) is 4.45. The molecule has 0 radical (unpaired) electrons. The van der Waals surface area contributed by atoms with Crippen LogP contribution in [0.2, 0.25) is 0 Å². The number of hydrogen-bond acceptors (Lipinski definition) is 6. The summed E-state index contributed by atoms with van der Waals surface area (Å²) in [5.41, 5.74) is 5.60. The van der Waals surface area contributed by atoms with Gasteiger partial charge in [-0.05, 0) is 18.6 Å². The smallest absolute Gasteiger partial charge is 0.293 e. The molecule has 9 heteroatoms. The predicted octanol–water partition coefficient (Wildman–Crippen LogP) is 1.61. The van der Waals surface area contributed by atoms with Crippen LogP contribution < -0.4 is 5.73 Å². The highest BCUT2D eigenvalue weighted by atomic mass is 32.2. The number of benzene rings is 1. The molecule has 0 amide bonds. The van der Waals surface area contributed by atoms with Crippen LogP contribution in [0.1, 0.15) is 12.5 Å². The third-order valence-corrected chi connectivity index (χ3v) is 6.49. The van der Waals surface area contributed by atoms with Gasteiger partial charge in [-0.2, -0.15) is 16.1 Å². The molecular weight excluding hydrogens is 314 g/mol. The summed E-state index contributed by atoms with van der Waals surface area (Å²) in [4.78, 5) is 10.3. The molecule has 0 spiro atoms. The van der Waals surface area contributed by atoms with E-state index in [1.807, 2.05) is 6.92 Å². The van der Waals surface area contributed by atoms with Crippen LogP contribution in [-0.2, 0) is 10.0 Å². The van der Waals surface area contributed by atoms with Crippen LogP contribution in [0, 0.1) is 17.0 Å². The first-order valence-corrected chi connectivity index (χ1v) is 8.88. The second-order valence-electron chi connectivity index (χ2n) is 4.98. The number of nitro benzene ring substituents is 1. The van der Waals surface area contributed by atoms with E-state index in [1.165, 1.54) is 10.4 Å². The zero-order valence-corrected chi connectivity index (χ0v) is 13.4. The van der Waals surface area contributed by atoms with Gasteiger partial charge in [0, 0.05) is 30.2 Å². The van der Waals surface area contributed by atoms with Crippen molar-refractivity contribution in [1.82, 2.24) is 4.31 Å². The Balaban J connectivity index is 2.49. The van der Waals surface area contributed by atoms with Crippen LogP contribution in [0.15, 0.2) is 17.0 Å². The van der Waals surface area contributed by atoms with Crippen molar-refractivity contribution in [3.8, 4) is 0 Å². The quantitative estimate of drug-likeness (QED) is 0.512. The van der Waals surface area contributed by atoms with E-state index in [2.05, 4.69) is 0 Å². The fourth-order valence-corrected chi connectivity index (χ4v) is 5.26. The lowest BCUT2D eigenvalue weighted by molar-refractivity contribution is -0.384. The molecule has 1 fully saturated rings. The van der Waals surface area contributed by atoms with Gasteiger partial charge < -0.3 is 5.73 Å². The Morgan fingerprint density at radius 3 is 2.71 bits per heavy atom. The number of anilines is 1. The molecule has 1 aromatic carbocycles. The fraction of sp³-hybridized carbons (Fsp3) is 0.500. The SMILES string of the molecule is Cc1cc(N)c([N+](=O)[O-])cc1S(=O)(=O)N1CCSC(C)C1. The lowest BCUT2D eigenvalue weighted by atomic mass is 10.2. The molecule has 1 heterocycles. The number of thioether (sulfide) groups is 1.